The Labute approximate surface area is 129 Å². The average Bonchev–Trinajstić information content (AvgIpc) is 2.42. The Morgan fingerprint density at radius 2 is 1.71 bits per heavy atom. The molecule has 1 rings (SSSR count). The van der Waals surface area contributed by atoms with Crippen molar-refractivity contribution in [3.8, 4) is 0 Å². The Balaban J connectivity index is 2.28. The zero-order chi connectivity index (χ0) is 15.7. The monoisotopic (exact) mass is 290 g/mol. The topological polar surface area (TPSA) is 41.1 Å². The van der Waals surface area contributed by atoms with E-state index in [1.54, 1.807) is 0 Å². The largest absolute Gasteiger partial charge is 0.326 e. The fraction of sp³-hybridized carbons (Fsp3) is 0.611. The average molecular weight is 290 g/mol. The van der Waals surface area contributed by atoms with Crippen LogP contribution in [0, 0.1) is 0 Å². The molecule has 1 aromatic carbocycles. The molecule has 3 heteroatoms. The molecule has 0 spiro atoms. The second-order valence-electron chi connectivity index (χ2n) is 6.58. The molecule has 0 bridgehead atoms. The highest BCUT2D eigenvalue weighted by atomic mass is 16.1. The van der Waals surface area contributed by atoms with Gasteiger partial charge in [-0.3, -0.25) is 4.79 Å². The van der Waals surface area contributed by atoms with Gasteiger partial charge in [0.15, 0.2) is 0 Å². The van der Waals surface area contributed by atoms with Gasteiger partial charge in [-0.2, -0.15) is 0 Å². The van der Waals surface area contributed by atoms with Crippen molar-refractivity contribution in [2.75, 3.05) is 18.4 Å². The molecule has 0 heterocycles. The van der Waals surface area contributed by atoms with Crippen LogP contribution in [0.4, 0.5) is 5.69 Å². The number of benzene rings is 1. The van der Waals surface area contributed by atoms with Crippen molar-refractivity contribution in [3.63, 3.8) is 0 Å². The van der Waals surface area contributed by atoms with Crippen LogP contribution in [-0.2, 0) is 10.2 Å². The minimum Gasteiger partial charge on any atom is -0.326 e. The van der Waals surface area contributed by atoms with Crippen LogP contribution in [-0.4, -0.2) is 19.0 Å². The van der Waals surface area contributed by atoms with Crippen molar-refractivity contribution in [1.29, 1.82) is 0 Å². The van der Waals surface area contributed by atoms with Gasteiger partial charge in [0.1, 0.15) is 0 Å². The maximum Gasteiger partial charge on any atom is 0.225 e. The van der Waals surface area contributed by atoms with Gasteiger partial charge in [0, 0.05) is 18.7 Å². The van der Waals surface area contributed by atoms with Gasteiger partial charge in [0.05, 0.1) is 0 Å². The first-order valence-corrected chi connectivity index (χ1v) is 8.04. The minimum absolute atomic E-state index is 0.0708. The third-order valence-electron chi connectivity index (χ3n) is 3.52. The molecule has 2 N–H and O–H groups in total. The number of nitrogens with one attached hydrogen (secondary N) is 2. The van der Waals surface area contributed by atoms with Gasteiger partial charge >= 0.3 is 0 Å². The molecular formula is C18H30N2O. The fourth-order valence-corrected chi connectivity index (χ4v) is 2.10. The van der Waals surface area contributed by atoms with Gasteiger partial charge in [0.25, 0.3) is 0 Å². The van der Waals surface area contributed by atoms with Gasteiger partial charge in [-0.05, 0) is 36.1 Å². The van der Waals surface area contributed by atoms with Crippen LogP contribution in [0.1, 0.15) is 58.9 Å². The standard InChI is InChI=1S/C18H30N2O/c1-5-6-7-13-19-14-12-17(21)20-16-10-8-15(9-11-16)18(2,3)4/h8-11,19H,5-7,12-14H2,1-4H3,(H,20,21). The molecule has 0 aliphatic carbocycles. The number of carbonyl (C=O) groups excluding carboxylic acids is 1. The van der Waals surface area contributed by atoms with E-state index in [2.05, 4.69) is 50.5 Å². The van der Waals surface area contributed by atoms with Crippen LogP contribution >= 0.6 is 0 Å². The smallest absolute Gasteiger partial charge is 0.225 e. The van der Waals surface area contributed by atoms with E-state index in [9.17, 15) is 4.79 Å². The zero-order valence-corrected chi connectivity index (χ0v) is 14.0. The van der Waals surface area contributed by atoms with Gasteiger partial charge in [-0.15, -0.1) is 0 Å². The molecule has 1 aromatic rings. The lowest BCUT2D eigenvalue weighted by Gasteiger charge is -2.19. The van der Waals surface area contributed by atoms with Crippen LogP contribution in [0.5, 0.6) is 0 Å². The van der Waals surface area contributed by atoms with Crippen LogP contribution in [0.2, 0.25) is 0 Å². The summed E-state index contributed by atoms with van der Waals surface area (Å²) in [5, 5.41) is 6.25. The Kier molecular flexibility index (Phi) is 7.44. The molecule has 0 saturated carbocycles. The molecule has 0 aliphatic heterocycles. The normalized spacial score (nSPS) is 11.4. The summed E-state index contributed by atoms with van der Waals surface area (Å²) >= 11 is 0. The van der Waals surface area contributed by atoms with Crippen molar-refractivity contribution in [1.82, 2.24) is 5.32 Å². The Morgan fingerprint density at radius 1 is 1.05 bits per heavy atom. The molecule has 0 fully saturated rings. The lowest BCUT2D eigenvalue weighted by molar-refractivity contribution is -0.116. The van der Waals surface area contributed by atoms with Crippen molar-refractivity contribution in [2.45, 2.75) is 58.8 Å². The summed E-state index contributed by atoms with van der Waals surface area (Å²) in [7, 11) is 0. The number of hydrogen-bond acceptors (Lipinski definition) is 2. The molecule has 1 amide bonds. The maximum atomic E-state index is 11.8. The molecule has 0 unspecified atom stereocenters. The van der Waals surface area contributed by atoms with E-state index in [-0.39, 0.29) is 11.3 Å². The summed E-state index contributed by atoms with van der Waals surface area (Å²) in [5.41, 5.74) is 2.29. The highest BCUT2D eigenvalue weighted by Gasteiger charge is 2.13. The number of amides is 1. The molecule has 0 saturated heterocycles. The van der Waals surface area contributed by atoms with Gasteiger partial charge in [-0.25, -0.2) is 0 Å². The van der Waals surface area contributed by atoms with E-state index in [1.165, 1.54) is 24.8 Å². The van der Waals surface area contributed by atoms with Crippen LogP contribution in [0.25, 0.3) is 0 Å². The summed E-state index contributed by atoms with van der Waals surface area (Å²) in [5.74, 6) is 0.0708. The first-order valence-electron chi connectivity index (χ1n) is 8.04. The van der Waals surface area contributed by atoms with Crippen molar-refractivity contribution < 1.29 is 4.79 Å². The highest BCUT2D eigenvalue weighted by molar-refractivity contribution is 5.90. The molecule has 0 aromatic heterocycles. The van der Waals surface area contributed by atoms with E-state index in [4.69, 9.17) is 0 Å². The summed E-state index contributed by atoms with van der Waals surface area (Å²) < 4.78 is 0. The minimum atomic E-state index is 0.0708. The number of carbonyl (C=O) groups is 1. The van der Waals surface area contributed by atoms with E-state index >= 15 is 0 Å². The number of hydrogen-bond donors (Lipinski definition) is 2. The van der Waals surface area contributed by atoms with Gasteiger partial charge < -0.3 is 10.6 Å². The summed E-state index contributed by atoms with van der Waals surface area (Å²) in [6.45, 7) is 10.5. The maximum absolute atomic E-state index is 11.8. The second-order valence-corrected chi connectivity index (χ2v) is 6.58. The summed E-state index contributed by atoms with van der Waals surface area (Å²) in [6.07, 6.45) is 4.19. The summed E-state index contributed by atoms with van der Waals surface area (Å²) in [4.78, 5) is 11.8. The molecule has 118 valence electrons. The molecule has 0 radical (unpaired) electrons. The van der Waals surface area contributed by atoms with Crippen molar-refractivity contribution in [2.24, 2.45) is 0 Å². The van der Waals surface area contributed by atoms with Gasteiger partial charge in [0.2, 0.25) is 5.91 Å². The van der Waals surface area contributed by atoms with Crippen molar-refractivity contribution >= 4 is 11.6 Å². The fourth-order valence-electron chi connectivity index (χ4n) is 2.10. The summed E-state index contributed by atoms with van der Waals surface area (Å²) in [6, 6.07) is 8.12. The second kappa shape index (κ2) is 8.83. The first-order chi connectivity index (χ1) is 9.93. The van der Waals surface area contributed by atoms with Crippen LogP contribution < -0.4 is 10.6 Å². The van der Waals surface area contributed by atoms with Crippen molar-refractivity contribution in [3.05, 3.63) is 29.8 Å². The molecule has 21 heavy (non-hydrogen) atoms. The molecule has 0 aliphatic rings. The third kappa shape index (κ3) is 7.28. The Bertz CT molecular complexity index is 418. The lowest BCUT2D eigenvalue weighted by Crippen LogP contribution is -2.22. The van der Waals surface area contributed by atoms with E-state index in [0.29, 0.717) is 6.42 Å². The Hall–Kier alpha value is -1.35. The van der Waals surface area contributed by atoms with E-state index in [0.717, 1.165) is 18.8 Å². The number of rotatable bonds is 8. The quantitative estimate of drug-likeness (QED) is 0.708. The molecule has 3 nitrogen and oxygen atoms in total. The first kappa shape index (κ1) is 17.7. The number of anilines is 1. The highest BCUT2D eigenvalue weighted by Crippen LogP contribution is 2.23. The van der Waals surface area contributed by atoms with Crippen LogP contribution in [0.3, 0.4) is 0 Å². The number of unbranched alkanes of at least 4 members (excludes halogenated alkanes) is 2. The SMILES string of the molecule is CCCCCNCCC(=O)Nc1ccc(C(C)(C)C)cc1. The molecule has 0 atom stereocenters. The zero-order valence-electron chi connectivity index (χ0n) is 14.0. The third-order valence-corrected chi connectivity index (χ3v) is 3.52. The Morgan fingerprint density at radius 3 is 2.29 bits per heavy atom. The lowest BCUT2D eigenvalue weighted by atomic mass is 9.87. The van der Waals surface area contributed by atoms with Gasteiger partial charge in [-0.1, -0.05) is 52.7 Å². The predicted molar refractivity (Wildman–Crippen MR) is 90.8 cm³/mol. The predicted octanol–water partition coefficient (Wildman–Crippen LogP) is 4.09. The van der Waals surface area contributed by atoms with Crippen LogP contribution in [0.15, 0.2) is 24.3 Å². The molecular weight excluding hydrogens is 260 g/mol. The van der Waals surface area contributed by atoms with E-state index in [1.807, 2.05) is 12.1 Å². The van der Waals surface area contributed by atoms with E-state index < -0.39 is 0 Å².